The summed E-state index contributed by atoms with van der Waals surface area (Å²) >= 11 is 0. The molecular formula is C32H33FN4O4S. The van der Waals surface area contributed by atoms with E-state index in [2.05, 4.69) is 20.2 Å². The molecule has 1 fully saturated rings. The van der Waals surface area contributed by atoms with Crippen LogP contribution >= 0.6 is 0 Å². The normalized spacial score (nSPS) is 15.2. The lowest BCUT2D eigenvalue weighted by atomic mass is 9.79. The Hall–Kier alpha value is -4.15. The maximum absolute atomic E-state index is 14.2. The van der Waals surface area contributed by atoms with E-state index in [1.54, 1.807) is 36.7 Å². The van der Waals surface area contributed by atoms with E-state index in [0.717, 1.165) is 43.4 Å². The average molecular weight is 589 g/mol. The van der Waals surface area contributed by atoms with E-state index in [1.165, 1.54) is 24.3 Å². The standard InChI is InChI=1S/C32H33FN4O4S/c1-22-6-8-27(20-34-22)36-32(38)31(25-4-3-5-26(33)18-25)24-14-16-37(17-15-24)21-23-7-13-30(35-19-23)41-28-9-11-29(12-10-28)42(2,39)40/h3-13,18-20,24,31H,14-17,21H2,1-2H3,(H,36,38). The Morgan fingerprint density at radius 1 is 1.02 bits per heavy atom. The molecule has 10 heteroatoms. The van der Waals surface area contributed by atoms with Crippen molar-refractivity contribution >= 4 is 21.4 Å². The molecule has 2 aromatic carbocycles. The second-order valence-corrected chi connectivity index (χ2v) is 12.7. The van der Waals surface area contributed by atoms with Crippen LogP contribution in [-0.4, -0.2) is 48.5 Å². The average Bonchev–Trinajstić information content (AvgIpc) is 2.96. The van der Waals surface area contributed by atoms with E-state index in [0.29, 0.717) is 29.4 Å². The van der Waals surface area contributed by atoms with E-state index < -0.39 is 15.8 Å². The number of ether oxygens (including phenoxy) is 1. The highest BCUT2D eigenvalue weighted by atomic mass is 32.2. The fourth-order valence-corrected chi connectivity index (χ4v) is 5.87. The second kappa shape index (κ2) is 12.8. The number of amides is 1. The quantitative estimate of drug-likeness (QED) is 0.266. The van der Waals surface area contributed by atoms with Gasteiger partial charge in [-0.15, -0.1) is 0 Å². The molecular weight excluding hydrogens is 555 g/mol. The number of nitrogens with one attached hydrogen (secondary N) is 1. The molecule has 0 aliphatic carbocycles. The minimum atomic E-state index is -3.27. The molecule has 42 heavy (non-hydrogen) atoms. The second-order valence-electron chi connectivity index (χ2n) is 10.7. The van der Waals surface area contributed by atoms with Crippen LogP contribution in [-0.2, 0) is 21.2 Å². The monoisotopic (exact) mass is 588 g/mol. The summed E-state index contributed by atoms with van der Waals surface area (Å²) in [6, 6.07) is 20.0. The summed E-state index contributed by atoms with van der Waals surface area (Å²) in [5.41, 5.74) is 3.19. The number of likely N-dealkylation sites (tertiary alicyclic amines) is 1. The van der Waals surface area contributed by atoms with Crippen LogP contribution < -0.4 is 10.1 Å². The molecule has 218 valence electrons. The lowest BCUT2D eigenvalue weighted by Gasteiger charge is -2.35. The maximum Gasteiger partial charge on any atom is 0.232 e. The van der Waals surface area contributed by atoms with Gasteiger partial charge in [-0.25, -0.2) is 17.8 Å². The zero-order valence-electron chi connectivity index (χ0n) is 23.5. The zero-order valence-corrected chi connectivity index (χ0v) is 24.4. The number of hydrogen-bond acceptors (Lipinski definition) is 7. The number of rotatable bonds is 9. The van der Waals surface area contributed by atoms with Crippen LogP contribution in [0.2, 0.25) is 0 Å². The van der Waals surface area contributed by atoms with E-state index in [1.807, 2.05) is 31.2 Å². The number of hydrogen-bond donors (Lipinski definition) is 1. The van der Waals surface area contributed by atoms with Crippen LogP contribution in [0.1, 0.15) is 35.6 Å². The molecule has 8 nitrogen and oxygen atoms in total. The lowest BCUT2D eigenvalue weighted by molar-refractivity contribution is -0.119. The predicted octanol–water partition coefficient (Wildman–Crippen LogP) is 5.75. The van der Waals surface area contributed by atoms with Gasteiger partial charge in [-0.2, -0.15) is 0 Å². The summed E-state index contributed by atoms with van der Waals surface area (Å²) in [6.45, 7) is 4.17. The Balaban J connectivity index is 1.19. The summed E-state index contributed by atoms with van der Waals surface area (Å²) in [4.78, 5) is 24.7. The minimum Gasteiger partial charge on any atom is -0.439 e. The summed E-state index contributed by atoms with van der Waals surface area (Å²) in [7, 11) is -3.27. The molecule has 2 aromatic heterocycles. The van der Waals surface area contributed by atoms with Gasteiger partial charge in [0.25, 0.3) is 0 Å². The van der Waals surface area contributed by atoms with E-state index in [-0.39, 0.29) is 22.5 Å². The van der Waals surface area contributed by atoms with Gasteiger partial charge < -0.3 is 10.1 Å². The Morgan fingerprint density at radius 3 is 2.40 bits per heavy atom. The van der Waals surface area contributed by atoms with Gasteiger partial charge in [0.1, 0.15) is 11.6 Å². The Bertz CT molecular complexity index is 1620. The number of carbonyl (C=O) groups excluding carboxylic acids is 1. The number of carbonyl (C=O) groups is 1. The Kier molecular flexibility index (Phi) is 8.94. The smallest absolute Gasteiger partial charge is 0.232 e. The van der Waals surface area contributed by atoms with Crippen molar-refractivity contribution in [1.82, 2.24) is 14.9 Å². The van der Waals surface area contributed by atoms with Crippen molar-refractivity contribution in [2.45, 2.75) is 37.1 Å². The van der Waals surface area contributed by atoms with Crippen molar-refractivity contribution in [2.75, 3.05) is 24.7 Å². The fraction of sp³-hybridized carbons (Fsp3) is 0.281. The molecule has 0 spiro atoms. The predicted molar refractivity (Wildman–Crippen MR) is 159 cm³/mol. The van der Waals surface area contributed by atoms with Gasteiger partial charge in [-0.1, -0.05) is 18.2 Å². The van der Waals surface area contributed by atoms with Gasteiger partial charge >= 0.3 is 0 Å². The van der Waals surface area contributed by atoms with Crippen molar-refractivity contribution in [3.05, 3.63) is 108 Å². The first kappa shape index (κ1) is 29.3. The number of sulfone groups is 1. The molecule has 1 amide bonds. The highest BCUT2D eigenvalue weighted by Gasteiger charge is 2.33. The molecule has 1 N–H and O–H groups in total. The molecule has 1 atom stereocenters. The highest BCUT2D eigenvalue weighted by Crippen LogP contribution is 2.35. The zero-order chi connectivity index (χ0) is 29.7. The molecule has 3 heterocycles. The number of halogens is 1. The van der Waals surface area contributed by atoms with Gasteiger partial charge in [0.05, 0.1) is 22.7 Å². The van der Waals surface area contributed by atoms with Gasteiger partial charge in [-0.3, -0.25) is 14.7 Å². The largest absolute Gasteiger partial charge is 0.439 e. The van der Waals surface area contributed by atoms with Crippen LogP contribution in [0, 0.1) is 18.7 Å². The van der Waals surface area contributed by atoms with Crippen molar-refractivity contribution in [3.63, 3.8) is 0 Å². The van der Waals surface area contributed by atoms with Crippen molar-refractivity contribution in [1.29, 1.82) is 0 Å². The Labute approximate surface area is 245 Å². The number of aryl methyl sites for hydroxylation is 1. The number of anilines is 1. The number of nitrogens with zero attached hydrogens (tertiary/aromatic N) is 3. The van der Waals surface area contributed by atoms with Gasteiger partial charge in [-0.05, 0) is 98.4 Å². The van der Waals surface area contributed by atoms with Crippen LogP contribution in [0.25, 0.3) is 0 Å². The molecule has 0 saturated carbocycles. The SMILES string of the molecule is Cc1ccc(NC(=O)C(c2cccc(F)c2)C2CCN(Cc3ccc(Oc4ccc(S(C)(=O)=O)cc4)nc3)CC2)cn1. The molecule has 1 saturated heterocycles. The van der Waals surface area contributed by atoms with Crippen molar-refractivity contribution < 1.29 is 22.3 Å². The van der Waals surface area contributed by atoms with Gasteiger partial charge in [0, 0.05) is 30.8 Å². The first-order valence-electron chi connectivity index (χ1n) is 13.8. The Morgan fingerprint density at radius 2 is 1.79 bits per heavy atom. The van der Waals surface area contributed by atoms with Gasteiger partial charge in [0.2, 0.25) is 11.8 Å². The van der Waals surface area contributed by atoms with E-state index in [9.17, 15) is 17.6 Å². The van der Waals surface area contributed by atoms with Crippen molar-refractivity contribution in [3.8, 4) is 11.6 Å². The fourth-order valence-electron chi connectivity index (χ4n) is 5.24. The highest BCUT2D eigenvalue weighted by molar-refractivity contribution is 7.90. The van der Waals surface area contributed by atoms with Crippen LogP contribution in [0.3, 0.4) is 0 Å². The van der Waals surface area contributed by atoms with Crippen LogP contribution in [0.15, 0.2) is 90.1 Å². The van der Waals surface area contributed by atoms with E-state index in [4.69, 9.17) is 4.74 Å². The number of piperidine rings is 1. The molecule has 0 bridgehead atoms. The molecule has 1 unspecified atom stereocenters. The van der Waals surface area contributed by atoms with Crippen LogP contribution in [0.5, 0.6) is 11.6 Å². The summed E-state index contributed by atoms with van der Waals surface area (Å²) in [6.07, 6.45) is 6.15. The lowest BCUT2D eigenvalue weighted by Crippen LogP contribution is -2.38. The summed E-state index contributed by atoms with van der Waals surface area (Å²) < 4.78 is 43.2. The van der Waals surface area contributed by atoms with Crippen LogP contribution in [0.4, 0.5) is 10.1 Å². The topological polar surface area (TPSA) is 101 Å². The number of aromatic nitrogens is 2. The molecule has 1 aliphatic heterocycles. The minimum absolute atomic E-state index is 0.0597. The summed E-state index contributed by atoms with van der Waals surface area (Å²) in [5, 5.41) is 2.98. The summed E-state index contributed by atoms with van der Waals surface area (Å²) in [5.74, 6) is -0.0169. The molecule has 5 rings (SSSR count). The third-order valence-corrected chi connectivity index (χ3v) is 8.58. The van der Waals surface area contributed by atoms with Gasteiger partial charge in [0.15, 0.2) is 9.84 Å². The third kappa shape index (κ3) is 7.57. The number of pyridine rings is 2. The molecule has 1 aliphatic rings. The third-order valence-electron chi connectivity index (χ3n) is 7.45. The molecule has 4 aromatic rings. The molecule has 0 radical (unpaired) electrons. The maximum atomic E-state index is 14.2. The van der Waals surface area contributed by atoms with E-state index >= 15 is 0 Å². The first-order chi connectivity index (χ1) is 20.1. The number of benzene rings is 2. The first-order valence-corrected chi connectivity index (χ1v) is 15.7. The van der Waals surface area contributed by atoms with Crippen molar-refractivity contribution in [2.24, 2.45) is 5.92 Å².